The first-order valence-corrected chi connectivity index (χ1v) is 13.3. The van der Waals surface area contributed by atoms with Gasteiger partial charge in [-0.05, 0) is 49.5 Å². The zero-order valence-corrected chi connectivity index (χ0v) is 22.6. The molecule has 0 radical (unpaired) electrons. The van der Waals surface area contributed by atoms with Crippen molar-refractivity contribution < 1.29 is 18.0 Å². The zero-order chi connectivity index (χ0) is 28.7. The molecule has 2 aliphatic rings. The number of aromatic nitrogens is 2. The number of likely N-dealkylation sites (tertiary alicyclic amines) is 1. The largest absolute Gasteiger partial charge is 0.417 e. The summed E-state index contributed by atoms with van der Waals surface area (Å²) in [5, 5.41) is 6.68. The lowest BCUT2D eigenvalue weighted by Crippen LogP contribution is -2.58. The topological polar surface area (TPSA) is 82.5 Å². The zero-order valence-electron chi connectivity index (χ0n) is 21.8. The molecular weight excluding hydrogens is 565 g/mol. The molecule has 2 aliphatic heterocycles. The van der Waals surface area contributed by atoms with Gasteiger partial charge in [-0.25, -0.2) is 9.97 Å². The molecule has 1 amide bonds. The van der Waals surface area contributed by atoms with E-state index in [-0.39, 0.29) is 31.2 Å². The van der Waals surface area contributed by atoms with Crippen molar-refractivity contribution in [1.29, 1.82) is 0 Å². The summed E-state index contributed by atoms with van der Waals surface area (Å²) in [5.41, 5.74) is 2.90. The maximum absolute atomic E-state index is 13.9. The van der Waals surface area contributed by atoms with Crippen LogP contribution >= 0.6 is 11.6 Å². The van der Waals surface area contributed by atoms with E-state index in [9.17, 15) is 18.0 Å². The summed E-state index contributed by atoms with van der Waals surface area (Å²) in [4.78, 5) is 28.2. The van der Waals surface area contributed by atoms with E-state index in [1.165, 1.54) is 12.1 Å². The Balaban J connectivity index is 0.00000353. The molecule has 3 aromatic carbocycles. The molecule has 0 aliphatic carbocycles. The molecule has 7 nitrogen and oxygen atoms in total. The van der Waals surface area contributed by atoms with Crippen LogP contribution in [0.25, 0.3) is 11.3 Å². The van der Waals surface area contributed by atoms with Crippen molar-refractivity contribution in [2.75, 3.05) is 25.5 Å². The summed E-state index contributed by atoms with van der Waals surface area (Å²) in [6.45, 7) is 1.45. The summed E-state index contributed by atoms with van der Waals surface area (Å²) < 4.78 is 41.7. The number of fused-ring (bicyclic) bond motifs is 3. The second-order valence-electron chi connectivity index (χ2n) is 9.86. The molecule has 216 valence electrons. The van der Waals surface area contributed by atoms with Gasteiger partial charge in [-0.1, -0.05) is 43.3 Å². The van der Waals surface area contributed by atoms with Crippen LogP contribution in [0, 0.1) is 0 Å². The second kappa shape index (κ2) is 11.5. The highest BCUT2D eigenvalue weighted by atomic mass is 35.5. The molecule has 1 saturated heterocycles. The van der Waals surface area contributed by atoms with Crippen LogP contribution < -0.4 is 10.6 Å². The second-order valence-corrected chi connectivity index (χ2v) is 10.3. The first-order chi connectivity index (χ1) is 19.7. The SMILES string of the molecule is C.CNC1CN(C(=O)c2ccc(Nc3ncc4c(n3)-c3ccc(Cl)cc3C(c3ccccc3C(F)(F)F)=NC4)cc2)C1. The summed E-state index contributed by atoms with van der Waals surface area (Å²) in [7, 11) is 1.88. The number of amides is 1. The van der Waals surface area contributed by atoms with Crippen LogP contribution in [0.4, 0.5) is 24.8 Å². The number of nitrogens with zero attached hydrogens (tertiary/aromatic N) is 4. The molecule has 0 unspecified atom stereocenters. The Bertz CT molecular complexity index is 1670. The Morgan fingerprint density at radius 2 is 1.74 bits per heavy atom. The highest BCUT2D eigenvalue weighted by molar-refractivity contribution is 6.31. The van der Waals surface area contributed by atoms with E-state index in [0.29, 0.717) is 63.7 Å². The third kappa shape index (κ3) is 5.60. The lowest BCUT2D eigenvalue weighted by atomic mass is 9.92. The predicted octanol–water partition coefficient (Wildman–Crippen LogP) is 6.59. The van der Waals surface area contributed by atoms with Crippen molar-refractivity contribution in [3.8, 4) is 11.3 Å². The van der Waals surface area contributed by atoms with Gasteiger partial charge in [0, 0.05) is 63.9 Å². The summed E-state index contributed by atoms with van der Waals surface area (Å²) in [6, 6.07) is 17.8. The number of benzene rings is 3. The average molecular weight is 593 g/mol. The third-order valence-electron chi connectivity index (χ3n) is 7.22. The first kappa shape index (κ1) is 29.2. The minimum Gasteiger partial charge on any atom is -0.335 e. The number of halogens is 4. The van der Waals surface area contributed by atoms with Gasteiger partial charge < -0.3 is 15.5 Å². The van der Waals surface area contributed by atoms with Crippen LogP contribution in [0.1, 0.15) is 40.0 Å². The normalized spacial score (nSPS) is 14.5. The smallest absolute Gasteiger partial charge is 0.335 e. The Morgan fingerprint density at radius 3 is 2.45 bits per heavy atom. The van der Waals surface area contributed by atoms with Gasteiger partial charge in [0.1, 0.15) is 0 Å². The van der Waals surface area contributed by atoms with E-state index in [2.05, 4.69) is 20.6 Å². The van der Waals surface area contributed by atoms with Crippen LogP contribution in [0.2, 0.25) is 5.02 Å². The summed E-state index contributed by atoms with van der Waals surface area (Å²) in [6.07, 6.45) is -2.94. The van der Waals surface area contributed by atoms with Gasteiger partial charge in [0.05, 0.1) is 23.5 Å². The van der Waals surface area contributed by atoms with Gasteiger partial charge in [-0.2, -0.15) is 13.2 Å². The quantitative estimate of drug-likeness (QED) is 0.273. The number of aliphatic imine (C=N–C) groups is 1. The van der Waals surface area contributed by atoms with Gasteiger partial charge in [0.25, 0.3) is 5.91 Å². The fraction of sp³-hybridized carbons (Fsp3) is 0.226. The van der Waals surface area contributed by atoms with E-state index < -0.39 is 11.7 Å². The van der Waals surface area contributed by atoms with Crippen molar-refractivity contribution in [1.82, 2.24) is 20.2 Å². The van der Waals surface area contributed by atoms with E-state index in [0.717, 1.165) is 6.07 Å². The van der Waals surface area contributed by atoms with E-state index >= 15 is 0 Å². The number of likely N-dealkylation sites (N-methyl/N-ethyl adjacent to an activating group) is 1. The molecule has 4 aromatic rings. The lowest BCUT2D eigenvalue weighted by Gasteiger charge is -2.39. The number of hydrogen-bond acceptors (Lipinski definition) is 6. The minimum absolute atomic E-state index is 0. The van der Waals surface area contributed by atoms with E-state index in [1.807, 2.05) is 7.05 Å². The van der Waals surface area contributed by atoms with Crippen LogP contribution in [0.3, 0.4) is 0 Å². The Labute approximate surface area is 246 Å². The molecule has 0 bridgehead atoms. The maximum atomic E-state index is 13.9. The molecule has 1 fully saturated rings. The number of carbonyl (C=O) groups excluding carboxylic acids is 1. The van der Waals surface area contributed by atoms with Gasteiger partial charge in [-0.15, -0.1) is 0 Å². The Morgan fingerprint density at radius 1 is 1.00 bits per heavy atom. The van der Waals surface area contributed by atoms with Crippen molar-refractivity contribution in [3.05, 3.63) is 106 Å². The van der Waals surface area contributed by atoms with E-state index in [4.69, 9.17) is 16.6 Å². The number of nitrogens with one attached hydrogen (secondary N) is 2. The standard InChI is InChI=1S/C30H24ClF3N6O.CH4/c1-35-21-15-40(16-21)28(41)17-6-9-20(10-7-17)38-29-37-14-18-13-36-27(23-4-2-3-5-25(23)30(32,33)34)24-12-19(31)8-11-22(24)26(18)39-29;/h2-12,14,21,35H,13,15-16H2,1H3,(H,37,38,39);1H4. The van der Waals surface area contributed by atoms with Crippen LogP contribution in [-0.2, 0) is 12.7 Å². The van der Waals surface area contributed by atoms with Crippen molar-refractivity contribution >= 4 is 34.9 Å². The molecule has 6 rings (SSSR count). The molecule has 42 heavy (non-hydrogen) atoms. The monoisotopic (exact) mass is 592 g/mol. The fourth-order valence-electron chi connectivity index (χ4n) is 4.99. The minimum atomic E-state index is -4.56. The predicted molar refractivity (Wildman–Crippen MR) is 158 cm³/mol. The molecule has 0 spiro atoms. The summed E-state index contributed by atoms with van der Waals surface area (Å²) in [5.74, 6) is 0.268. The molecular formula is C31H28ClF3N6O. The van der Waals surface area contributed by atoms with Gasteiger partial charge in [-0.3, -0.25) is 9.79 Å². The van der Waals surface area contributed by atoms with Crippen molar-refractivity contribution in [2.45, 2.75) is 26.2 Å². The number of hydrogen-bond donors (Lipinski definition) is 2. The highest BCUT2D eigenvalue weighted by Crippen LogP contribution is 2.38. The fourth-order valence-corrected chi connectivity index (χ4v) is 5.16. The number of anilines is 2. The molecule has 2 N–H and O–H groups in total. The molecule has 3 heterocycles. The van der Waals surface area contributed by atoms with Crippen molar-refractivity contribution in [2.24, 2.45) is 4.99 Å². The Kier molecular flexibility index (Phi) is 8.03. The number of alkyl halides is 3. The van der Waals surface area contributed by atoms with Crippen LogP contribution in [0.15, 0.2) is 77.9 Å². The first-order valence-electron chi connectivity index (χ1n) is 12.9. The molecule has 1 aromatic heterocycles. The average Bonchev–Trinajstić information content (AvgIpc) is 3.08. The third-order valence-corrected chi connectivity index (χ3v) is 7.45. The van der Waals surface area contributed by atoms with E-state index in [1.54, 1.807) is 59.6 Å². The summed E-state index contributed by atoms with van der Waals surface area (Å²) >= 11 is 6.31. The van der Waals surface area contributed by atoms with Crippen LogP contribution in [0.5, 0.6) is 0 Å². The van der Waals surface area contributed by atoms with Gasteiger partial charge in [0.2, 0.25) is 5.95 Å². The van der Waals surface area contributed by atoms with Crippen LogP contribution in [-0.4, -0.2) is 52.7 Å². The van der Waals surface area contributed by atoms with Crippen molar-refractivity contribution in [3.63, 3.8) is 0 Å². The molecule has 11 heteroatoms. The number of carbonyl (C=O) groups is 1. The number of rotatable bonds is 5. The highest BCUT2D eigenvalue weighted by Gasteiger charge is 2.35. The van der Waals surface area contributed by atoms with Gasteiger partial charge >= 0.3 is 6.18 Å². The Hall–Kier alpha value is -4.28. The lowest BCUT2D eigenvalue weighted by molar-refractivity contribution is -0.137. The van der Waals surface area contributed by atoms with Gasteiger partial charge in [0.15, 0.2) is 0 Å². The molecule has 0 saturated carbocycles. The molecule has 0 atom stereocenters. The maximum Gasteiger partial charge on any atom is 0.417 e.